The molecule has 1 saturated heterocycles. The van der Waals surface area contributed by atoms with Crippen molar-refractivity contribution in [3.63, 3.8) is 0 Å². The minimum atomic E-state index is -1.03. The van der Waals surface area contributed by atoms with Crippen molar-refractivity contribution in [2.24, 2.45) is 23.2 Å². The number of rotatable bonds is 9. The van der Waals surface area contributed by atoms with Gasteiger partial charge in [-0.1, -0.05) is 0 Å². The van der Waals surface area contributed by atoms with Crippen LogP contribution in [-0.2, 0) is 19.0 Å². The van der Waals surface area contributed by atoms with Crippen molar-refractivity contribution in [2.45, 2.75) is 101 Å². The third kappa shape index (κ3) is 6.43. The molecular formula is C32H40N4O9. The molecule has 45 heavy (non-hydrogen) atoms. The van der Waals surface area contributed by atoms with Crippen LogP contribution in [-0.4, -0.2) is 70.5 Å². The van der Waals surface area contributed by atoms with E-state index < -0.39 is 45.9 Å². The first kappa shape index (κ1) is 31.1. The van der Waals surface area contributed by atoms with Gasteiger partial charge in [0, 0.05) is 29.1 Å². The Morgan fingerprint density at radius 2 is 1.78 bits per heavy atom. The van der Waals surface area contributed by atoms with Crippen molar-refractivity contribution < 1.29 is 38.3 Å². The van der Waals surface area contributed by atoms with Crippen molar-refractivity contribution in [3.05, 3.63) is 34.4 Å². The van der Waals surface area contributed by atoms with Crippen LogP contribution in [0.1, 0.15) is 72.1 Å². The van der Waals surface area contributed by atoms with Crippen LogP contribution < -0.4 is 10.1 Å². The van der Waals surface area contributed by atoms with Crippen molar-refractivity contribution >= 4 is 23.8 Å². The number of carbonyl (C=O) groups excluding carboxylic acids is 3. The zero-order valence-electron chi connectivity index (χ0n) is 25.9. The van der Waals surface area contributed by atoms with Gasteiger partial charge < -0.3 is 29.2 Å². The quantitative estimate of drug-likeness (QED) is 0.131. The lowest BCUT2D eigenvalue weighted by molar-refractivity contribution is -0.384. The number of nitriles is 1. The second-order valence-corrected chi connectivity index (χ2v) is 14.7. The van der Waals surface area contributed by atoms with Gasteiger partial charge in [0.25, 0.3) is 11.6 Å². The van der Waals surface area contributed by atoms with Crippen LogP contribution in [0.3, 0.4) is 0 Å². The summed E-state index contributed by atoms with van der Waals surface area (Å²) in [6.45, 7) is 5.60. The maximum absolute atomic E-state index is 14.3. The van der Waals surface area contributed by atoms with Crippen molar-refractivity contribution in [1.29, 1.82) is 5.26 Å². The lowest BCUT2D eigenvalue weighted by Gasteiger charge is -2.63. The number of nitrogens with zero attached hydrogens (tertiary/aromatic N) is 3. The number of amides is 2. The molecule has 242 valence electrons. The summed E-state index contributed by atoms with van der Waals surface area (Å²) < 4.78 is 22.9. The molecule has 6 aliphatic rings. The Morgan fingerprint density at radius 1 is 1.09 bits per heavy atom. The summed E-state index contributed by atoms with van der Waals surface area (Å²) in [4.78, 5) is 51.7. The molecule has 7 rings (SSSR count). The van der Waals surface area contributed by atoms with E-state index in [0.29, 0.717) is 30.6 Å². The summed E-state index contributed by atoms with van der Waals surface area (Å²) in [5.41, 5.74) is -1.86. The highest BCUT2D eigenvalue weighted by Gasteiger charge is 2.65. The summed E-state index contributed by atoms with van der Waals surface area (Å²) in [5.74, 6) is 0.770. The Hall–Kier alpha value is -3.92. The highest BCUT2D eigenvalue weighted by atomic mass is 16.7. The number of nitro groups is 1. The average Bonchev–Trinajstić information content (AvgIpc) is 3.61. The normalized spacial score (nSPS) is 33.0. The molecule has 0 aromatic heterocycles. The van der Waals surface area contributed by atoms with E-state index in [0.717, 1.165) is 38.5 Å². The van der Waals surface area contributed by atoms with Gasteiger partial charge >= 0.3 is 12.2 Å². The molecule has 4 bridgehead atoms. The van der Waals surface area contributed by atoms with Crippen LogP contribution in [0.4, 0.5) is 15.3 Å². The summed E-state index contributed by atoms with van der Waals surface area (Å²) in [7, 11) is 0. The number of likely N-dealkylation sites (tertiary alicyclic amines) is 1. The Morgan fingerprint density at radius 3 is 2.40 bits per heavy atom. The van der Waals surface area contributed by atoms with Crippen LogP contribution in [0, 0.1) is 44.6 Å². The standard InChI is InChI=1S/C32H40N4O9/c1-30(2,3)34-28(38)45-26(27(37)35-23(17-33)11-21-12-25(21)35)31-13-19-10-20(14-31)16-32(15-19,18-31)43-9-8-42-29(39)44-24-6-4-22(5-7-24)36(40)41/h4-7,19-21,23,25-26H,8-16,18H2,1-3H3,(H,34,38)/t19?,20?,21-,23+,25+,26?,31?,32?/m1/s1. The molecule has 0 spiro atoms. The molecule has 2 amide bonds. The van der Waals surface area contributed by atoms with Crippen LogP contribution in [0.25, 0.3) is 0 Å². The Bertz CT molecular complexity index is 1390. The van der Waals surface area contributed by atoms with E-state index in [1.54, 1.807) is 4.90 Å². The lowest BCUT2D eigenvalue weighted by Crippen LogP contribution is -2.64. The zero-order chi connectivity index (χ0) is 32.1. The monoisotopic (exact) mass is 624 g/mol. The van der Waals surface area contributed by atoms with Gasteiger partial charge in [0.05, 0.1) is 23.2 Å². The second-order valence-electron chi connectivity index (χ2n) is 14.7. The summed E-state index contributed by atoms with van der Waals surface area (Å²) in [6, 6.07) is 6.91. The first-order chi connectivity index (χ1) is 21.3. The number of piperidine rings is 1. The number of ether oxygens (including phenoxy) is 4. The fourth-order valence-electron chi connectivity index (χ4n) is 8.77. The van der Waals surface area contributed by atoms with Gasteiger partial charge in [-0.3, -0.25) is 14.9 Å². The smallest absolute Gasteiger partial charge is 0.435 e. The molecule has 6 fully saturated rings. The predicted molar refractivity (Wildman–Crippen MR) is 157 cm³/mol. The fourth-order valence-corrected chi connectivity index (χ4v) is 8.77. The Kier molecular flexibility index (Phi) is 7.92. The summed E-state index contributed by atoms with van der Waals surface area (Å²) in [6.07, 6.45) is 3.56. The summed E-state index contributed by atoms with van der Waals surface area (Å²) in [5, 5.41) is 23.5. The first-order valence-electron chi connectivity index (χ1n) is 15.7. The van der Waals surface area contributed by atoms with E-state index in [1.807, 2.05) is 20.8 Å². The van der Waals surface area contributed by atoms with Crippen molar-refractivity contribution in [2.75, 3.05) is 13.2 Å². The molecular weight excluding hydrogens is 584 g/mol. The number of nitro benzene ring substituents is 1. The maximum atomic E-state index is 14.3. The largest absolute Gasteiger partial charge is 0.513 e. The second kappa shape index (κ2) is 11.5. The number of benzene rings is 1. The van der Waals surface area contributed by atoms with E-state index in [-0.39, 0.29) is 36.6 Å². The lowest BCUT2D eigenvalue weighted by atomic mass is 9.46. The molecule has 3 unspecified atom stereocenters. The van der Waals surface area contributed by atoms with E-state index in [2.05, 4.69) is 11.4 Å². The third-order valence-electron chi connectivity index (χ3n) is 10.0. The van der Waals surface area contributed by atoms with Gasteiger partial charge in [0.1, 0.15) is 18.4 Å². The molecule has 1 aliphatic heterocycles. The number of hydrogen-bond acceptors (Lipinski definition) is 10. The number of fused-ring (bicyclic) bond motifs is 1. The molecule has 1 aromatic rings. The molecule has 5 aliphatic carbocycles. The Balaban J connectivity index is 1.14. The number of carbonyl (C=O) groups is 3. The highest BCUT2D eigenvalue weighted by molar-refractivity contribution is 5.86. The number of alkyl carbamates (subject to hydrolysis) is 1. The van der Waals surface area contributed by atoms with Gasteiger partial charge in [-0.2, -0.15) is 5.26 Å². The zero-order valence-corrected chi connectivity index (χ0v) is 25.9. The molecule has 6 atom stereocenters. The third-order valence-corrected chi connectivity index (χ3v) is 10.0. The minimum absolute atomic E-state index is 0.0287. The van der Waals surface area contributed by atoms with Crippen molar-refractivity contribution in [3.8, 4) is 11.8 Å². The van der Waals surface area contributed by atoms with Crippen LogP contribution in [0.2, 0.25) is 0 Å². The van der Waals surface area contributed by atoms with Gasteiger partial charge in [-0.15, -0.1) is 0 Å². The van der Waals surface area contributed by atoms with E-state index in [4.69, 9.17) is 18.9 Å². The van der Waals surface area contributed by atoms with Crippen LogP contribution in [0.5, 0.6) is 5.75 Å². The molecule has 5 saturated carbocycles. The number of nitrogens with one attached hydrogen (secondary N) is 1. The number of hydrogen-bond donors (Lipinski definition) is 1. The molecule has 13 nitrogen and oxygen atoms in total. The fraction of sp³-hybridized carbons (Fsp3) is 0.688. The van der Waals surface area contributed by atoms with Crippen LogP contribution >= 0.6 is 0 Å². The van der Waals surface area contributed by atoms with E-state index in [1.165, 1.54) is 24.3 Å². The molecule has 0 radical (unpaired) electrons. The number of non-ortho nitro benzene ring substituents is 1. The summed E-state index contributed by atoms with van der Waals surface area (Å²) >= 11 is 0. The average molecular weight is 625 g/mol. The van der Waals surface area contributed by atoms with E-state index in [9.17, 15) is 29.8 Å². The van der Waals surface area contributed by atoms with Gasteiger partial charge in [0.15, 0.2) is 6.10 Å². The predicted octanol–water partition coefficient (Wildman–Crippen LogP) is 4.87. The Labute approximate surface area is 261 Å². The SMILES string of the molecule is CC(C)(C)NC(=O)OC(C(=O)N1[C@H](C#N)C[C@@H]2C[C@@H]21)C12CC3CC(CC(OCCOC(=O)Oc4ccc([N+](=O)[O-])cc4)(C3)C1)C2. The molecule has 13 heteroatoms. The van der Waals surface area contributed by atoms with Crippen molar-refractivity contribution in [1.82, 2.24) is 10.2 Å². The first-order valence-corrected chi connectivity index (χ1v) is 15.7. The maximum Gasteiger partial charge on any atom is 0.513 e. The molecule has 1 heterocycles. The van der Waals surface area contributed by atoms with Crippen LogP contribution in [0.15, 0.2) is 24.3 Å². The molecule has 1 aromatic carbocycles. The van der Waals surface area contributed by atoms with E-state index >= 15 is 0 Å². The minimum Gasteiger partial charge on any atom is -0.435 e. The van der Waals surface area contributed by atoms with Gasteiger partial charge in [-0.05, 0) is 102 Å². The highest BCUT2D eigenvalue weighted by Crippen LogP contribution is 2.65. The van der Waals surface area contributed by atoms with Gasteiger partial charge in [0.2, 0.25) is 0 Å². The van der Waals surface area contributed by atoms with Gasteiger partial charge in [-0.25, -0.2) is 9.59 Å². The topological polar surface area (TPSA) is 170 Å². The molecule has 1 N–H and O–H groups in total.